The number of halogens is 2. The molecule has 2 fully saturated rings. The van der Waals surface area contributed by atoms with Gasteiger partial charge in [-0.25, -0.2) is 9.97 Å². The van der Waals surface area contributed by atoms with Gasteiger partial charge in [0.15, 0.2) is 0 Å². The Bertz CT molecular complexity index is 1540. The zero-order chi connectivity index (χ0) is 37.1. The van der Waals surface area contributed by atoms with Gasteiger partial charge in [-0.1, -0.05) is 69.5 Å². The second-order valence-corrected chi connectivity index (χ2v) is 15.4. The number of hydrogen-bond donors (Lipinski definition) is 0. The SMILES string of the molecule is CCCCCOc1ccc([C@H]2CC[C@H](CCc3ccc(F)nc3)CC2)cc1.CCCCOc1ccc([C@H]2CC[C@H](CCc3ccc(F)nc3)CC2)cc1. The molecule has 0 spiro atoms. The summed E-state index contributed by atoms with van der Waals surface area (Å²) in [6.07, 6.45) is 23.8. The molecule has 6 rings (SSSR count). The molecule has 4 nitrogen and oxygen atoms in total. The maximum atomic E-state index is 12.9. The van der Waals surface area contributed by atoms with Crippen molar-refractivity contribution in [1.29, 1.82) is 0 Å². The standard InChI is InChI=1S/C24H32FNO.C23H30FNO/c1-2-3-4-17-27-23-14-12-22(13-15-23)21-10-7-19(8-11-21)5-6-20-9-16-24(25)26-18-20;1-2-3-16-26-22-13-11-21(12-14-22)20-9-6-18(7-10-20)4-5-19-8-15-23(24)25-17-19/h9,12-16,18-19,21H,2-8,10-11,17H2,1H3;8,11-15,17-18,20H,2-7,9-10,16H2,1H3/t19-,21-;18-,20-. The average molecular weight is 725 g/mol. The summed E-state index contributed by atoms with van der Waals surface area (Å²) >= 11 is 0. The summed E-state index contributed by atoms with van der Waals surface area (Å²) in [4.78, 5) is 7.50. The summed E-state index contributed by atoms with van der Waals surface area (Å²) in [6, 6.07) is 24.2. The maximum absolute atomic E-state index is 12.9. The van der Waals surface area contributed by atoms with E-state index in [2.05, 4.69) is 72.3 Å². The lowest BCUT2D eigenvalue weighted by molar-refractivity contribution is 0.303. The molecule has 4 aromatic rings. The first-order valence-corrected chi connectivity index (χ1v) is 20.6. The minimum Gasteiger partial charge on any atom is -0.494 e. The highest BCUT2D eigenvalue weighted by molar-refractivity contribution is 5.31. The lowest BCUT2D eigenvalue weighted by atomic mass is 9.77. The number of aromatic nitrogens is 2. The van der Waals surface area contributed by atoms with Crippen LogP contribution in [0.3, 0.4) is 0 Å². The predicted octanol–water partition coefficient (Wildman–Crippen LogP) is 13.0. The minimum atomic E-state index is -0.393. The number of unbranched alkanes of at least 4 members (excludes halogenated alkanes) is 3. The highest BCUT2D eigenvalue weighted by Crippen LogP contribution is 2.39. The highest BCUT2D eigenvalue weighted by Gasteiger charge is 2.23. The Labute approximate surface area is 318 Å². The quantitative estimate of drug-likeness (QED) is 0.0803. The number of aryl methyl sites for hydroxylation is 2. The highest BCUT2D eigenvalue weighted by atomic mass is 19.1. The summed E-state index contributed by atoms with van der Waals surface area (Å²) in [6.45, 7) is 6.02. The number of benzene rings is 2. The van der Waals surface area contributed by atoms with E-state index in [1.165, 1.54) is 107 Å². The lowest BCUT2D eigenvalue weighted by Crippen LogP contribution is -2.14. The van der Waals surface area contributed by atoms with E-state index in [0.29, 0.717) is 11.8 Å². The van der Waals surface area contributed by atoms with Crippen LogP contribution in [0.15, 0.2) is 85.2 Å². The molecule has 53 heavy (non-hydrogen) atoms. The molecular formula is C47H62F2N2O2. The number of nitrogens with zero attached hydrogens (tertiary/aromatic N) is 2. The smallest absolute Gasteiger partial charge is 0.212 e. The van der Waals surface area contributed by atoms with E-state index in [1.54, 1.807) is 12.4 Å². The van der Waals surface area contributed by atoms with Gasteiger partial charge in [0, 0.05) is 12.4 Å². The van der Waals surface area contributed by atoms with Crippen LogP contribution in [0.1, 0.15) is 144 Å². The Morgan fingerprint density at radius 1 is 0.509 bits per heavy atom. The molecule has 0 radical (unpaired) electrons. The van der Waals surface area contributed by atoms with Crippen molar-refractivity contribution < 1.29 is 18.3 Å². The minimum absolute atomic E-state index is 0.392. The number of pyridine rings is 2. The van der Waals surface area contributed by atoms with E-state index in [0.717, 1.165) is 73.4 Å². The number of ether oxygens (including phenoxy) is 2. The molecule has 0 atom stereocenters. The second kappa shape index (κ2) is 22.4. The van der Waals surface area contributed by atoms with Crippen LogP contribution in [0, 0.1) is 23.7 Å². The lowest BCUT2D eigenvalue weighted by Gasteiger charge is -2.29. The Hall–Kier alpha value is -3.80. The molecule has 0 bridgehead atoms. The molecule has 2 aliphatic rings. The molecule has 2 saturated carbocycles. The zero-order valence-corrected chi connectivity index (χ0v) is 32.3. The van der Waals surface area contributed by atoms with Crippen LogP contribution in [-0.4, -0.2) is 23.2 Å². The summed E-state index contributed by atoms with van der Waals surface area (Å²) in [7, 11) is 0. The first kappa shape index (κ1) is 40.4. The topological polar surface area (TPSA) is 44.2 Å². The van der Waals surface area contributed by atoms with Crippen LogP contribution in [0.4, 0.5) is 8.78 Å². The zero-order valence-electron chi connectivity index (χ0n) is 32.3. The van der Waals surface area contributed by atoms with Crippen LogP contribution in [0.5, 0.6) is 11.5 Å². The number of rotatable bonds is 17. The molecule has 2 aromatic heterocycles. The van der Waals surface area contributed by atoms with Crippen molar-refractivity contribution in [2.45, 2.75) is 135 Å². The molecule has 0 amide bonds. The Morgan fingerprint density at radius 2 is 0.925 bits per heavy atom. The van der Waals surface area contributed by atoms with Crippen LogP contribution >= 0.6 is 0 Å². The van der Waals surface area contributed by atoms with E-state index >= 15 is 0 Å². The van der Waals surface area contributed by atoms with E-state index < -0.39 is 11.9 Å². The van der Waals surface area contributed by atoms with Crippen molar-refractivity contribution in [3.8, 4) is 11.5 Å². The molecule has 286 valence electrons. The molecule has 2 aromatic carbocycles. The maximum Gasteiger partial charge on any atom is 0.212 e. The average Bonchev–Trinajstić information content (AvgIpc) is 3.20. The monoisotopic (exact) mass is 724 g/mol. The van der Waals surface area contributed by atoms with Crippen LogP contribution in [0.2, 0.25) is 0 Å². The van der Waals surface area contributed by atoms with E-state index in [-0.39, 0.29) is 0 Å². The van der Waals surface area contributed by atoms with Crippen LogP contribution < -0.4 is 9.47 Å². The molecule has 0 unspecified atom stereocenters. The van der Waals surface area contributed by atoms with Crippen molar-refractivity contribution in [1.82, 2.24) is 9.97 Å². The third kappa shape index (κ3) is 14.2. The van der Waals surface area contributed by atoms with Gasteiger partial charge in [-0.05, 0) is 172 Å². The van der Waals surface area contributed by atoms with Gasteiger partial charge in [0.05, 0.1) is 13.2 Å². The van der Waals surface area contributed by atoms with Gasteiger partial charge in [0.2, 0.25) is 11.9 Å². The fourth-order valence-corrected chi connectivity index (χ4v) is 7.97. The molecule has 2 aliphatic carbocycles. The van der Waals surface area contributed by atoms with Gasteiger partial charge in [-0.2, -0.15) is 8.78 Å². The van der Waals surface area contributed by atoms with Crippen molar-refractivity contribution in [3.63, 3.8) is 0 Å². The van der Waals surface area contributed by atoms with Gasteiger partial charge < -0.3 is 9.47 Å². The van der Waals surface area contributed by atoms with E-state index in [9.17, 15) is 8.78 Å². The molecule has 6 heteroatoms. The van der Waals surface area contributed by atoms with Crippen molar-refractivity contribution >= 4 is 0 Å². The molecule has 0 N–H and O–H groups in total. The van der Waals surface area contributed by atoms with Crippen LogP contribution in [0.25, 0.3) is 0 Å². The van der Waals surface area contributed by atoms with Crippen molar-refractivity contribution in [2.24, 2.45) is 11.8 Å². The summed E-state index contributed by atoms with van der Waals surface area (Å²) < 4.78 is 37.3. The third-order valence-corrected chi connectivity index (χ3v) is 11.4. The van der Waals surface area contributed by atoms with E-state index in [4.69, 9.17) is 9.47 Å². The Kier molecular flexibility index (Phi) is 17.1. The Morgan fingerprint density at radius 3 is 1.30 bits per heavy atom. The fourth-order valence-electron chi connectivity index (χ4n) is 7.97. The second-order valence-electron chi connectivity index (χ2n) is 15.4. The van der Waals surface area contributed by atoms with Gasteiger partial charge in [0.1, 0.15) is 11.5 Å². The third-order valence-electron chi connectivity index (χ3n) is 11.4. The summed E-state index contributed by atoms with van der Waals surface area (Å²) in [5, 5.41) is 0. The molecule has 2 heterocycles. The first-order valence-electron chi connectivity index (χ1n) is 20.6. The van der Waals surface area contributed by atoms with Gasteiger partial charge in [-0.3, -0.25) is 0 Å². The largest absolute Gasteiger partial charge is 0.494 e. The molecule has 0 saturated heterocycles. The van der Waals surface area contributed by atoms with Gasteiger partial charge >= 0.3 is 0 Å². The van der Waals surface area contributed by atoms with Crippen molar-refractivity contribution in [3.05, 3.63) is 119 Å². The summed E-state index contributed by atoms with van der Waals surface area (Å²) in [5.74, 6) is 4.14. The molecular weight excluding hydrogens is 663 g/mol. The Balaban J connectivity index is 0.000000204. The normalized spacial score (nSPS) is 19.9. The first-order chi connectivity index (χ1) is 26.0. The van der Waals surface area contributed by atoms with E-state index in [1.807, 2.05) is 12.1 Å². The fraction of sp³-hybridized carbons (Fsp3) is 0.532. The van der Waals surface area contributed by atoms with Crippen molar-refractivity contribution in [2.75, 3.05) is 13.2 Å². The molecule has 0 aliphatic heterocycles. The summed E-state index contributed by atoms with van der Waals surface area (Å²) in [5.41, 5.74) is 5.20. The predicted molar refractivity (Wildman–Crippen MR) is 213 cm³/mol. The number of hydrogen-bond acceptors (Lipinski definition) is 4. The van der Waals surface area contributed by atoms with Crippen LogP contribution in [-0.2, 0) is 12.8 Å². The van der Waals surface area contributed by atoms with Gasteiger partial charge in [-0.15, -0.1) is 0 Å². The van der Waals surface area contributed by atoms with Gasteiger partial charge in [0.25, 0.3) is 0 Å².